The Morgan fingerprint density at radius 2 is 1.65 bits per heavy atom. The van der Waals surface area contributed by atoms with Crippen molar-refractivity contribution in [3.05, 3.63) is 119 Å². The lowest BCUT2D eigenvalue weighted by molar-refractivity contribution is 0.557. The molecule has 0 fully saturated rings. The molecule has 0 amide bonds. The van der Waals surface area contributed by atoms with Gasteiger partial charge in [-0.3, -0.25) is 9.36 Å². The molecule has 0 unspecified atom stereocenters. The summed E-state index contributed by atoms with van der Waals surface area (Å²) in [6, 6.07) is 28.9. The Balaban J connectivity index is 1.67. The summed E-state index contributed by atoms with van der Waals surface area (Å²) in [7, 11) is 0. The summed E-state index contributed by atoms with van der Waals surface area (Å²) >= 11 is 1.40. The van der Waals surface area contributed by atoms with Crippen molar-refractivity contribution in [1.82, 2.24) is 14.5 Å². The first-order chi connectivity index (χ1) is 18.1. The van der Waals surface area contributed by atoms with Gasteiger partial charge in [-0.05, 0) is 49.7 Å². The van der Waals surface area contributed by atoms with Crippen LogP contribution in [0.15, 0.2) is 111 Å². The van der Waals surface area contributed by atoms with Crippen molar-refractivity contribution in [1.29, 1.82) is 0 Å². The highest BCUT2D eigenvalue weighted by Crippen LogP contribution is 2.40. The molecule has 37 heavy (non-hydrogen) atoms. The number of furan rings is 1. The number of nitrogens with zero attached hydrogens (tertiary/aromatic N) is 4. The van der Waals surface area contributed by atoms with E-state index < -0.39 is 0 Å². The Morgan fingerprint density at radius 3 is 2.43 bits per heavy atom. The van der Waals surface area contributed by atoms with E-state index in [1.54, 1.807) is 10.8 Å². The second-order valence-corrected chi connectivity index (χ2v) is 9.57. The van der Waals surface area contributed by atoms with E-state index >= 15 is 0 Å². The van der Waals surface area contributed by atoms with Gasteiger partial charge in [0.05, 0.1) is 34.3 Å². The van der Waals surface area contributed by atoms with Crippen LogP contribution in [0.4, 0.5) is 5.13 Å². The van der Waals surface area contributed by atoms with Gasteiger partial charge < -0.3 is 4.42 Å². The second-order valence-electron chi connectivity index (χ2n) is 8.59. The molecule has 3 aromatic carbocycles. The fourth-order valence-corrected chi connectivity index (χ4v) is 5.30. The first-order valence-corrected chi connectivity index (χ1v) is 12.7. The van der Waals surface area contributed by atoms with Gasteiger partial charge in [-0.2, -0.15) is 0 Å². The SMILES string of the molecule is CC(=Nc1nc(-c2ccccc2)c(-c2nc3ccccc3c(=O)n2-c2ccccc2C)s1)c1ccco1. The number of aryl methyl sites for hydroxylation is 1. The van der Waals surface area contributed by atoms with Gasteiger partial charge in [0.1, 0.15) is 10.6 Å². The number of hydrogen-bond acceptors (Lipinski definition) is 6. The zero-order chi connectivity index (χ0) is 25.4. The lowest BCUT2D eigenvalue weighted by atomic mass is 10.1. The molecular weight excluding hydrogens is 480 g/mol. The van der Waals surface area contributed by atoms with Crippen LogP contribution in [-0.2, 0) is 0 Å². The molecule has 0 radical (unpaired) electrons. The smallest absolute Gasteiger partial charge is 0.266 e. The molecule has 0 spiro atoms. The molecule has 3 heterocycles. The van der Waals surface area contributed by atoms with E-state index in [4.69, 9.17) is 19.4 Å². The minimum Gasteiger partial charge on any atom is -0.463 e. The number of aliphatic imine (C=N–C) groups is 1. The molecule has 0 aliphatic rings. The molecule has 0 saturated heterocycles. The summed E-state index contributed by atoms with van der Waals surface area (Å²) in [5.41, 5.74) is 4.62. The van der Waals surface area contributed by atoms with Crippen molar-refractivity contribution in [2.75, 3.05) is 0 Å². The minimum absolute atomic E-state index is 0.126. The zero-order valence-electron chi connectivity index (χ0n) is 20.3. The minimum atomic E-state index is -0.126. The maximum atomic E-state index is 13.9. The molecular formula is C30H22N4O2S. The first-order valence-electron chi connectivity index (χ1n) is 11.8. The normalized spacial score (nSPS) is 11.8. The van der Waals surface area contributed by atoms with Crippen LogP contribution in [0.25, 0.3) is 38.5 Å². The van der Waals surface area contributed by atoms with Crippen molar-refractivity contribution < 1.29 is 4.42 Å². The number of rotatable bonds is 5. The summed E-state index contributed by atoms with van der Waals surface area (Å²) in [5.74, 6) is 1.21. The predicted molar refractivity (Wildman–Crippen MR) is 149 cm³/mol. The molecule has 6 aromatic rings. The molecule has 0 aliphatic carbocycles. The van der Waals surface area contributed by atoms with Gasteiger partial charge in [0.25, 0.3) is 5.56 Å². The van der Waals surface area contributed by atoms with E-state index in [9.17, 15) is 4.79 Å². The summed E-state index contributed by atoms with van der Waals surface area (Å²) < 4.78 is 7.22. The topological polar surface area (TPSA) is 73.3 Å². The van der Waals surface area contributed by atoms with E-state index in [-0.39, 0.29) is 5.56 Å². The summed E-state index contributed by atoms with van der Waals surface area (Å²) in [6.45, 7) is 3.88. The summed E-state index contributed by atoms with van der Waals surface area (Å²) in [4.78, 5) is 29.4. The maximum Gasteiger partial charge on any atom is 0.266 e. The number of thiazole rings is 1. The summed E-state index contributed by atoms with van der Waals surface area (Å²) in [6.07, 6.45) is 1.62. The highest BCUT2D eigenvalue weighted by Gasteiger charge is 2.23. The van der Waals surface area contributed by atoms with E-state index in [0.717, 1.165) is 27.4 Å². The van der Waals surface area contributed by atoms with Crippen LogP contribution in [0.3, 0.4) is 0 Å². The molecule has 0 aliphatic heterocycles. The highest BCUT2D eigenvalue weighted by atomic mass is 32.1. The molecule has 0 bridgehead atoms. The van der Waals surface area contributed by atoms with Gasteiger partial charge in [-0.15, -0.1) is 0 Å². The van der Waals surface area contributed by atoms with Gasteiger partial charge in [-0.25, -0.2) is 15.0 Å². The van der Waals surface area contributed by atoms with E-state index in [1.807, 2.05) is 105 Å². The molecule has 0 N–H and O–H groups in total. The van der Waals surface area contributed by atoms with Crippen molar-refractivity contribution in [3.8, 4) is 27.6 Å². The Morgan fingerprint density at radius 1 is 0.892 bits per heavy atom. The Labute approximate surface area is 217 Å². The van der Waals surface area contributed by atoms with Crippen LogP contribution in [-0.4, -0.2) is 20.2 Å². The first kappa shape index (κ1) is 22.8. The Hall–Kier alpha value is -4.62. The average Bonchev–Trinajstić information content (AvgIpc) is 3.61. The molecule has 7 heteroatoms. The van der Waals surface area contributed by atoms with Crippen LogP contribution < -0.4 is 5.56 Å². The molecule has 0 saturated carbocycles. The van der Waals surface area contributed by atoms with Gasteiger partial charge in [0.2, 0.25) is 5.13 Å². The molecule has 6 nitrogen and oxygen atoms in total. The maximum absolute atomic E-state index is 13.9. The van der Waals surface area contributed by atoms with Gasteiger partial charge >= 0.3 is 0 Å². The lowest BCUT2D eigenvalue weighted by Crippen LogP contribution is -2.22. The van der Waals surface area contributed by atoms with E-state index in [2.05, 4.69) is 0 Å². The number of fused-ring (bicyclic) bond motifs is 1. The van der Waals surface area contributed by atoms with E-state index in [0.29, 0.717) is 33.3 Å². The van der Waals surface area contributed by atoms with Crippen LogP contribution in [0.2, 0.25) is 0 Å². The number of hydrogen-bond donors (Lipinski definition) is 0. The molecule has 0 atom stereocenters. The molecule has 180 valence electrons. The fourth-order valence-electron chi connectivity index (χ4n) is 4.31. The number of para-hydroxylation sites is 2. The zero-order valence-corrected chi connectivity index (χ0v) is 21.1. The standard InChI is InChI=1S/C30H22N4O2S/c1-19-11-6-9-16-24(19)34-28(32-23-15-8-7-14-22(23)29(34)35)27-26(21-12-4-3-5-13-21)33-30(37-27)31-20(2)25-17-10-18-36-25/h3-18H,1-2H3. The number of benzene rings is 3. The lowest BCUT2D eigenvalue weighted by Gasteiger charge is -2.15. The third-order valence-electron chi connectivity index (χ3n) is 6.14. The van der Waals surface area contributed by atoms with Crippen molar-refractivity contribution in [2.45, 2.75) is 13.8 Å². The van der Waals surface area contributed by atoms with Gasteiger partial charge in [0.15, 0.2) is 5.82 Å². The fraction of sp³-hybridized carbons (Fsp3) is 0.0667. The van der Waals surface area contributed by atoms with Crippen LogP contribution >= 0.6 is 11.3 Å². The van der Waals surface area contributed by atoms with Gasteiger partial charge in [-0.1, -0.05) is 72.0 Å². The second kappa shape index (κ2) is 9.44. The van der Waals surface area contributed by atoms with Crippen LogP contribution in [0.1, 0.15) is 18.2 Å². The molecule has 6 rings (SSSR count). The molecule has 3 aromatic heterocycles. The largest absolute Gasteiger partial charge is 0.463 e. The van der Waals surface area contributed by atoms with Crippen molar-refractivity contribution in [3.63, 3.8) is 0 Å². The Bertz CT molecular complexity index is 1820. The summed E-state index contributed by atoms with van der Waals surface area (Å²) in [5, 5.41) is 1.12. The average molecular weight is 503 g/mol. The van der Waals surface area contributed by atoms with Crippen molar-refractivity contribution in [2.24, 2.45) is 4.99 Å². The third-order valence-corrected chi connectivity index (χ3v) is 7.08. The van der Waals surface area contributed by atoms with E-state index in [1.165, 1.54) is 11.3 Å². The van der Waals surface area contributed by atoms with Gasteiger partial charge in [0, 0.05) is 5.56 Å². The highest BCUT2D eigenvalue weighted by molar-refractivity contribution is 7.19. The third kappa shape index (κ3) is 4.19. The Kier molecular flexibility index (Phi) is 5.82. The van der Waals surface area contributed by atoms with Crippen LogP contribution in [0, 0.1) is 6.92 Å². The quantitative estimate of drug-likeness (QED) is 0.233. The predicted octanol–water partition coefficient (Wildman–Crippen LogP) is 7.22. The van der Waals surface area contributed by atoms with Crippen molar-refractivity contribution >= 4 is 33.1 Å². The van der Waals surface area contributed by atoms with Crippen LogP contribution in [0.5, 0.6) is 0 Å². The number of aromatic nitrogens is 3. The monoisotopic (exact) mass is 502 g/mol.